The molecule has 1 unspecified atom stereocenters. The minimum Gasteiger partial charge on any atom is -0.490 e. The van der Waals surface area contributed by atoms with E-state index in [1.807, 2.05) is 24.4 Å². The number of anilines is 1. The van der Waals surface area contributed by atoms with Crippen molar-refractivity contribution in [3.05, 3.63) is 53.9 Å². The van der Waals surface area contributed by atoms with E-state index in [1.54, 1.807) is 6.20 Å². The van der Waals surface area contributed by atoms with E-state index in [2.05, 4.69) is 17.1 Å². The average Bonchev–Trinajstić information content (AvgIpc) is 2.80. The number of nitrogen functional groups attached to an aromatic ring is 1. The lowest BCUT2D eigenvalue weighted by Gasteiger charge is -2.11. The normalized spacial score (nSPS) is 17.2. The van der Waals surface area contributed by atoms with E-state index >= 15 is 0 Å². The van der Waals surface area contributed by atoms with E-state index in [1.165, 1.54) is 5.56 Å². The van der Waals surface area contributed by atoms with Crippen LogP contribution in [0, 0.1) is 0 Å². The summed E-state index contributed by atoms with van der Waals surface area (Å²) in [5.41, 5.74) is 9.14. The predicted molar refractivity (Wildman–Crippen MR) is 71.5 cm³/mol. The largest absolute Gasteiger partial charge is 0.490 e. The molecule has 0 amide bonds. The Balaban J connectivity index is 1.62. The van der Waals surface area contributed by atoms with Crippen molar-refractivity contribution in [1.29, 1.82) is 0 Å². The molecule has 0 radical (unpaired) electrons. The second-order valence-electron chi connectivity index (χ2n) is 4.66. The van der Waals surface area contributed by atoms with Gasteiger partial charge in [-0.25, -0.2) is 0 Å². The summed E-state index contributed by atoms with van der Waals surface area (Å²) in [6, 6.07) is 10.1. The molecule has 0 bridgehead atoms. The molecule has 0 aliphatic carbocycles. The highest BCUT2D eigenvalue weighted by molar-refractivity contribution is 5.44. The molecule has 1 atom stereocenters. The zero-order valence-electron chi connectivity index (χ0n) is 10.2. The summed E-state index contributed by atoms with van der Waals surface area (Å²) < 4.78 is 5.91. The molecule has 3 heteroatoms. The number of hydrogen-bond donors (Lipinski definition) is 1. The third-order valence-electron chi connectivity index (χ3n) is 3.39. The van der Waals surface area contributed by atoms with Crippen molar-refractivity contribution in [2.75, 3.05) is 5.73 Å². The Morgan fingerprint density at radius 3 is 3.00 bits per heavy atom. The summed E-state index contributed by atoms with van der Waals surface area (Å²) >= 11 is 0. The van der Waals surface area contributed by atoms with E-state index in [-0.39, 0.29) is 6.10 Å². The molecule has 0 saturated heterocycles. The lowest BCUT2D eigenvalue weighted by atomic mass is 10.0. The number of aryl methyl sites for hydroxylation is 1. The van der Waals surface area contributed by atoms with Gasteiger partial charge in [0.25, 0.3) is 0 Å². The molecule has 1 aliphatic rings. The molecule has 2 aromatic rings. The van der Waals surface area contributed by atoms with Crippen molar-refractivity contribution in [2.24, 2.45) is 0 Å². The van der Waals surface area contributed by atoms with Crippen LogP contribution >= 0.6 is 0 Å². The Labute approximate surface area is 107 Å². The van der Waals surface area contributed by atoms with Crippen molar-refractivity contribution in [3.63, 3.8) is 0 Å². The standard InChI is InChI=1S/C15H16N2O/c16-14-7-8-17-10-12(14)5-6-13-9-11-3-1-2-4-15(11)18-13/h1-4,7-8,10,13H,5-6,9H2,(H2,16,17). The fourth-order valence-corrected chi connectivity index (χ4v) is 2.38. The second-order valence-corrected chi connectivity index (χ2v) is 4.66. The molecule has 0 fully saturated rings. The predicted octanol–water partition coefficient (Wildman–Crippen LogP) is 2.60. The van der Waals surface area contributed by atoms with Gasteiger partial charge < -0.3 is 10.5 Å². The Hall–Kier alpha value is -2.03. The molecular weight excluding hydrogens is 224 g/mol. The SMILES string of the molecule is Nc1ccncc1CCC1Cc2ccccc2O1. The van der Waals surface area contributed by atoms with E-state index in [0.29, 0.717) is 0 Å². The molecule has 1 aromatic carbocycles. The third kappa shape index (κ3) is 2.16. The summed E-state index contributed by atoms with van der Waals surface area (Å²) in [5, 5.41) is 0. The number of para-hydroxylation sites is 1. The molecule has 3 nitrogen and oxygen atoms in total. The van der Waals surface area contributed by atoms with Crippen LogP contribution < -0.4 is 10.5 Å². The topological polar surface area (TPSA) is 48.1 Å². The maximum Gasteiger partial charge on any atom is 0.123 e. The van der Waals surface area contributed by atoms with Gasteiger partial charge in [-0.2, -0.15) is 0 Å². The highest BCUT2D eigenvalue weighted by Crippen LogP contribution is 2.30. The van der Waals surface area contributed by atoms with Gasteiger partial charge in [0.2, 0.25) is 0 Å². The Bertz CT molecular complexity index is 529. The summed E-state index contributed by atoms with van der Waals surface area (Å²) in [5.74, 6) is 1.03. The van der Waals surface area contributed by atoms with Crippen molar-refractivity contribution < 1.29 is 4.74 Å². The number of aromatic nitrogens is 1. The zero-order chi connectivity index (χ0) is 12.4. The first-order valence-corrected chi connectivity index (χ1v) is 6.26. The smallest absolute Gasteiger partial charge is 0.123 e. The Kier molecular flexibility index (Phi) is 2.89. The van der Waals surface area contributed by atoms with Crippen LogP contribution in [-0.4, -0.2) is 11.1 Å². The first-order chi connectivity index (χ1) is 8.83. The van der Waals surface area contributed by atoms with E-state index < -0.39 is 0 Å². The van der Waals surface area contributed by atoms with Crippen molar-refractivity contribution in [3.8, 4) is 5.75 Å². The highest BCUT2D eigenvalue weighted by atomic mass is 16.5. The van der Waals surface area contributed by atoms with Gasteiger partial charge in [0.05, 0.1) is 0 Å². The number of benzene rings is 1. The van der Waals surface area contributed by atoms with Crippen LogP contribution in [-0.2, 0) is 12.8 Å². The molecule has 18 heavy (non-hydrogen) atoms. The van der Waals surface area contributed by atoms with E-state index in [4.69, 9.17) is 10.5 Å². The minimum absolute atomic E-state index is 0.266. The van der Waals surface area contributed by atoms with Crippen molar-refractivity contribution in [2.45, 2.75) is 25.4 Å². The lowest BCUT2D eigenvalue weighted by molar-refractivity contribution is 0.222. The summed E-state index contributed by atoms with van der Waals surface area (Å²) in [7, 11) is 0. The maximum absolute atomic E-state index is 5.91. The second kappa shape index (κ2) is 4.69. The van der Waals surface area contributed by atoms with Crippen LogP contribution in [0.3, 0.4) is 0 Å². The van der Waals surface area contributed by atoms with Gasteiger partial charge in [0.15, 0.2) is 0 Å². The quantitative estimate of drug-likeness (QED) is 0.897. The highest BCUT2D eigenvalue weighted by Gasteiger charge is 2.21. The number of hydrogen-bond acceptors (Lipinski definition) is 3. The molecule has 0 saturated carbocycles. The van der Waals surface area contributed by atoms with Gasteiger partial charge in [-0.1, -0.05) is 18.2 Å². The molecular formula is C15H16N2O. The summed E-state index contributed by atoms with van der Waals surface area (Å²) in [4.78, 5) is 4.11. The monoisotopic (exact) mass is 240 g/mol. The number of fused-ring (bicyclic) bond motifs is 1. The van der Waals surface area contributed by atoms with E-state index in [9.17, 15) is 0 Å². The number of ether oxygens (including phenoxy) is 1. The Morgan fingerprint density at radius 2 is 2.17 bits per heavy atom. The molecule has 1 aromatic heterocycles. The number of rotatable bonds is 3. The molecule has 3 rings (SSSR count). The van der Waals surface area contributed by atoms with Crippen LogP contribution in [0.5, 0.6) is 5.75 Å². The number of nitrogens with two attached hydrogens (primary N) is 1. The zero-order valence-corrected chi connectivity index (χ0v) is 10.2. The van der Waals surface area contributed by atoms with Crippen LogP contribution in [0.4, 0.5) is 5.69 Å². The van der Waals surface area contributed by atoms with Gasteiger partial charge in [0.1, 0.15) is 11.9 Å². The van der Waals surface area contributed by atoms with Gasteiger partial charge in [0, 0.05) is 24.5 Å². The minimum atomic E-state index is 0.266. The van der Waals surface area contributed by atoms with Gasteiger partial charge in [-0.15, -0.1) is 0 Å². The van der Waals surface area contributed by atoms with Crippen molar-refractivity contribution >= 4 is 5.69 Å². The lowest BCUT2D eigenvalue weighted by Crippen LogP contribution is -2.14. The van der Waals surface area contributed by atoms with Gasteiger partial charge >= 0.3 is 0 Å². The number of nitrogens with zero attached hydrogens (tertiary/aromatic N) is 1. The third-order valence-corrected chi connectivity index (χ3v) is 3.39. The maximum atomic E-state index is 5.91. The van der Waals surface area contributed by atoms with Crippen molar-refractivity contribution in [1.82, 2.24) is 4.98 Å². The Morgan fingerprint density at radius 1 is 1.28 bits per heavy atom. The first-order valence-electron chi connectivity index (χ1n) is 6.26. The molecule has 0 spiro atoms. The van der Waals surface area contributed by atoms with Crippen LogP contribution in [0.15, 0.2) is 42.7 Å². The van der Waals surface area contributed by atoms with Crippen LogP contribution in [0.2, 0.25) is 0 Å². The number of pyridine rings is 1. The summed E-state index contributed by atoms with van der Waals surface area (Å²) in [6.45, 7) is 0. The fourth-order valence-electron chi connectivity index (χ4n) is 2.38. The molecule has 2 N–H and O–H groups in total. The van der Waals surface area contributed by atoms with Gasteiger partial charge in [-0.05, 0) is 36.1 Å². The molecule has 1 aliphatic heterocycles. The van der Waals surface area contributed by atoms with Crippen LogP contribution in [0.25, 0.3) is 0 Å². The average molecular weight is 240 g/mol. The van der Waals surface area contributed by atoms with E-state index in [0.717, 1.165) is 36.3 Å². The first kappa shape index (κ1) is 11.1. The van der Waals surface area contributed by atoms with Crippen LogP contribution in [0.1, 0.15) is 17.5 Å². The molecule has 2 heterocycles. The fraction of sp³-hybridized carbons (Fsp3) is 0.267. The summed E-state index contributed by atoms with van der Waals surface area (Å²) in [6.07, 6.45) is 6.72. The molecule has 92 valence electrons. The van der Waals surface area contributed by atoms with Gasteiger partial charge in [-0.3, -0.25) is 4.98 Å².